The molecular formula is C38H35FN6O. The van der Waals surface area contributed by atoms with E-state index in [1.165, 1.54) is 12.1 Å². The molecule has 2 aromatic heterocycles. The first kappa shape index (κ1) is 29.3. The molecule has 7 rings (SSSR count). The lowest BCUT2D eigenvalue weighted by Gasteiger charge is -2.27. The van der Waals surface area contributed by atoms with Crippen molar-refractivity contribution in [2.45, 2.75) is 25.7 Å². The van der Waals surface area contributed by atoms with E-state index >= 15 is 0 Å². The zero-order valence-electron chi connectivity index (χ0n) is 25.8. The molecular weight excluding hydrogens is 575 g/mol. The Hall–Kier alpha value is -5.37. The molecule has 4 aromatic carbocycles. The second-order valence-corrected chi connectivity index (χ2v) is 11.7. The number of hydrogen-bond donors (Lipinski definition) is 0. The number of anilines is 1. The number of aromatic nitrogens is 4. The summed E-state index contributed by atoms with van der Waals surface area (Å²) in [7, 11) is 0. The molecule has 1 aliphatic rings. The molecule has 0 bridgehead atoms. The van der Waals surface area contributed by atoms with Crippen LogP contribution >= 0.6 is 0 Å². The lowest BCUT2D eigenvalue weighted by molar-refractivity contribution is -0.131. The fraction of sp³-hybridized carbons (Fsp3) is 0.211. The summed E-state index contributed by atoms with van der Waals surface area (Å²) < 4.78 is 15.6. The molecule has 8 heteroatoms. The molecule has 1 aliphatic heterocycles. The molecule has 0 saturated carbocycles. The number of aryl methyl sites for hydroxylation is 1. The Morgan fingerprint density at radius 1 is 0.761 bits per heavy atom. The van der Waals surface area contributed by atoms with E-state index in [1.807, 2.05) is 90.7 Å². The summed E-state index contributed by atoms with van der Waals surface area (Å²) in [5.41, 5.74) is 5.31. The average molecular weight is 611 g/mol. The van der Waals surface area contributed by atoms with Gasteiger partial charge in [-0.2, -0.15) is 5.10 Å². The van der Waals surface area contributed by atoms with Crippen LogP contribution in [0.2, 0.25) is 0 Å². The number of amides is 1. The van der Waals surface area contributed by atoms with E-state index in [0.29, 0.717) is 37.5 Å². The maximum atomic E-state index is 14.2. The monoisotopic (exact) mass is 610 g/mol. The molecule has 7 nitrogen and oxygen atoms in total. The largest absolute Gasteiger partial charge is 0.354 e. The third-order valence-electron chi connectivity index (χ3n) is 8.63. The van der Waals surface area contributed by atoms with Gasteiger partial charge in [-0.1, -0.05) is 91.0 Å². The van der Waals surface area contributed by atoms with Gasteiger partial charge in [0.2, 0.25) is 5.91 Å². The van der Waals surface area contributed by atoms with Crippen molar-refractivity contribution in [3.63, 3.8) is 0 Å². The van der Waals surface area contributed by atoms with Gasteiger partial charge in [0.05, 0.1) is 22.7 Å². The van der Waals surface area contributed by atoms with Gasteiger partial charge in [-0.25, -0.2) is 19.0 Å². The van der Waals surface area contributed by atoms with Crippen LogP contribution in [0.1, 0.15) is 40.5 Å². The number of benzene rings is 4. The lowest BCUT2D eigenvalue weighted by atomic mass is 9.90. The molecule has 3 heterocycles. The highest BCUT2D eigenvalue weighted by molar-refractivity contribution is 5.91. The Morgan fingerprint density at radius 2 is 1.39 bits per heavy atom. The normalized spacial score (nSPS) is 13.7. The van der Waals surface area contributed by atoms with Crippen LogP contribution in [0.15, 0.2) is 115 Å². The molecule has 6 aromatic rings. The van der Waals surface area contributed by atoms with Gasteiger partial charge in [-0.15, -0.1) is 0 Å². The van der Waals surface area contributed by atoms with Crippen LogP contribution in [0, 0.1) is 12.7 Å². The first-order valence-corrected chi connectivity index (χ1v) is 15.7. The second kappa shape index (κ2) is 12.9. The summed E-state index contributed by atoms with van der Waals surface area (Å²) in [6.07, 6.45) is 1.36. The van der Waals surface area contributed by atoms with Gasteiger partial charge < -0.3 is 9.80 Å². The van der Waals surface area contributed by atoms with Gasteiger partial charge in [-0.3, -0.25) is 4.79 Å². The number of fused-ring (bicyclic) bond motifs is 1. The first-order chi connectivity index (χ1) is 22.5. The van der Waals surface area contributed by atoms with Gasteiger partial charge in [0.1, 0.15) is 17.5 Å². The van der Waals surface area contributed by atoms with Gasteiger partial charge in [0, 0.05) is 32.6 Å². The van der Waals surface area contributed by atoms with Crippen LogP contribution in [0.4, 0.5) is 10.2 Å². The Bertz CT molecular complexity index is 1910. The zero-order chi connectivity index (χ0) is 31.5. The van der Waals surface area contributed by atoms with E-state index in [9.17, 15) is 9.18 Å². The van der Waals surface area contributed by atoms with Gasteiger partial charge in [0.25, 0.3) is 0 Å². The fourth-order valence-corrected chi connectivity index (χ4v) is 6.35. The third-order valence-corrected chi connectivity index (χ3v) is 8.63. The first-order valence-electron chi connectivity index (χ1n) is 15.7. The van der Waals surface area contributed by atoms with E-state index in [4.69, 9.17) is 15.1 Å². The van der Waals surface area contributed by atoms with Crippen molar-refractivity contribution < 1.29 is 9.18 Å². The molecule has 0 N–H and O–H groups in total. The molecule has 0 aliphatic carbocycles. The van der Waals surface area contributed by atoms with Crippen molar-refractivity contribution in [3.05, 3.63) is 149 Å². The fourth-order valence-electron chi connectivity index (χ4n) is 6.35. The van der Waals surface area contributed by atoms with Gasteiger partial charge >= 0.3 is 0 Å². The number of nitrogens with zero attached hydrogens (tertiary/aromatic N) is 6. The highest BCUT2D eigenvalue weighted by atomic mass is 19.1. The number of carbonyl (C=O) groups excluding carboxylic acids is 1. The molecule has 1 amide bonds. The minimum absolute atomic E-state index is 0.108. The summed E-state index contributed by atoms with van der Waals surface area (Å²) in [5.74, 6) is 0.939. The van der Waals surface area contributed by atoms with Crippen LogP contribution < -0.4 is 4.90 Å². The molecule has 46 heavy (non-hydrogen) atoms. The molecule has 0 unspecified atom stereocenters. The van der Waals surface area contributed by atoms with E-state index in [1.54, 1.807) is 16.8 Å². The topological polar surface area (TPSA) is 67.2 Å². The Morgan fingerprint density at radius 3 is 2.04 bits per heavy atom. The smallest absolute Gasteiger partial charge is 0.234 e. The Kier molecular flexibility index (Phi) is 8.25. The van der Waals surface area contributed by atoms with Crippen molar-refractivity contribution in [2.75, 3.05) is 31.1 Å². The quantitative estimate of drug-likeness (QED) is 0.201. The zero-order valence-corrected chi connectivity index (χ0v) is 25.8. The predicted molar refractivity (Wildman–Crippen MR) is 179 cm³/mol. The van der Waals surface area contributed by atoms with E-state index in [-0.39, 0.29) is 17.6 Å². The van der Waals surface area contributed by atoms with Crippen molar-refractivity contribution in [1.82, 2.24) is 24.6 Å². The molecule has 0 atom stereocenters. The third kappa shape index (κ3) is 5.98. The van der Waals surface area contributed by atoms with Crippen molar-refractivity contribution in [1.29, 1.82) is 0 Å². The lowest BCUT2D eigenvalue weighted by Crippen LogP contribution is -2.38. The average Bonchev–Trinajstić information content (AvgIpc) is 3.25. The van der Waals surface area contributed by atoms with Crippen LogP contribution in [0.5, 0.6) is 0 Å². The number of carbonyl (C=O) groups is 1. The summed E-state index contributed by atoms with van der Waals surface area (Å²) in [5, 5.41) is 5.72. The molecule has 230 valence electrons. The maximum absolute atomic E-state index is 14.2. The van der Waals surface area contributed by atoms with Crippen LogP contribution in [-0.2, 0) is 11.2 Å². The number of halogens is 1. The van der Waals surface area contributed by atoms with Gasteiger partial charge in [0.15, 0.2) is 5.65 Å². The van der Waals surface area contributed by atoms with E-state index in [0.717, 1.165) is 52.2 Å². The molecule has 1 fully saturated rings. The minimum Gasteiger partial charge on any atom is -0.354 e. The van der Waals surface area contributed by atoms with Crippen molar-refractivity contribution in [3.8, 4) is 5.69 Å². The standard InChI is InChI=1S/C38H35FN6O/c1-27-34-36(40-33(26-28-12-5-2-6-13-28)41-37(34)45(42-27)32-20-18-31(39)19-21-32)43-22-11-23-44(25-24-43)38(46)35(29-14-7-3-8-15-29)30-16-9-4-10-17-30/h2-10,12-21,35H,11,22-26H2,1H3. The highest BCUT2D eigenvalue weighted by Gasteiger charge is 2.30. The molecule has 0 spiro atoms. The Labute approximate surface area is 268 Å². The van der Waals surface area contributed by atoms with Crippen LogP contribution in [0.25, 0.3) is 16.7 Å². The second-order valence-electron chi connectivity index (χ2n) is 11.7. The SMILES string of the molecule is Cc1nn(-c2ccc(F)cc2)c2nc(Cc3ccccc3)nc(N3CCCN(C(=O)C(c4ccccc4)c4ccccc4)CC3)c12. The van der Waals surface area contributed by atoms with Crippen LogP contribution in [0.3, 0.4) is 0 Å². The van der Waals surface area contributed by atoms with E-state index < -0.39 is 0 Å². The highest BCUT2D eigenvalue weighted by Crippen LogP contribution is 2.32. The molecule has 1 saturated heterocycles. The summed E-state index contributed by atoms with van der Waals surface area (Å²) >= 11 is 0. The Balaban J connectivity index is 1.23. The summed E-state index contributed by atoms with van der Waals surface area (Å²) in [6.45, 7) is 4.55. The van der Waals surface area contributed by atoms with Crippen molar-refractivity contribution in [2.24, 2.45) is 0 Å². The van der Waals surface area contributed by atoms with Gasteiger partial charge in [-0.05, 0) is 54.3 Å². The molecule has 0 radical (unpaired) electrons. The van der Waals surface area contributed by atoms with Crippen LogP contribution in [-0.4, -0.2) is 56.7 Å². The minimum atomic E-state index is -0.367. The number of rotatable bonds is 7. The van der Waals surface area contributed by atoms with E-state index in [2.05, 4.69) is 17.0 Å². The number of hydrogen-bond acceptors (Lipinski definition) is 5. The summed E-state index contributed by atoms with van der Waals surface area (Å²) in [4.78, 5) is 28.7. The van der Waals surface area contributed by atoms with Crippen molar-refractivity contribution >= 4 is 22.8 Å². The summed E-state index contributed by atoms with van der Waals surface area (Å²) in [6, 6.07) is 36.5. The predicted octanol–water partition coefficient (Wildman–Crippen LogP) is 6.72. The maximum Gasteiger partial charge on any atom is 0.234 e.